The van der Waals surface area contributed by atoms with Crippen molar-refractivity contribution in [3.8, 4) is 5.75 Å². The van der Waals surface area contributed by atoms with E-state index in [0.29, 0.717) is 11.1 Å². The maximum Gasteiger partial charge on any atom is 0.573 e. The second-order valence-electron chi connectivity index (χ2n) is 4.38. The molecule has 0 aliphatic heterocycles. The first-order valence-electron chi connectivity index (χ1n) is 6.08. The van der Waals surface area contributed by atoms with E-state index >= 15 is 0 Å². The van der Waals surface area contributed by atoms with Gasteiger partial charge in [-0.05, 0) is 35.7 Å². The number of rotatable bonds is 4. The second kappa shape index (κ2) is 6.35. The van der Waals surface area contributed by atoms with E-state index in [1.807, 2.05) is 0 Å². The summed E-state index contributed by atoms with van der Waals surface area (Å²) in [5.41, 5.74) is 1.04. The zero-order valence-corrected chi connectivity index (χ0v) is 11.5. The summed E-state index contributed by atoms with van der Waals surface area (Å²) in [5.74, 6) is -0.679. The number of benzene rings is 2. The van der Waals surface area contributed by atoms with Crippen LogP contribution in [-0.2, 0) is 6.42 Å². The van der Waals surface area contributed by atoms with Crippen molar-refractivity contribution in [2.24, 2.45) is 0 Å². The molecule has 0 N–H and O–H groups in total. The molecule has 21 heavy (non-hydrogen) atoms. The van der Waals surface area contributed by atoms with Crippen molar-refractivity contribution >= 4 is 11.6 Å². The van der Waals surface area contributed by atoms with E-state index in [1.54, 1.807) is 18.2 Å². The fourth-order valence-electron chi connectivity index (χ4n) is 1.85. The Hall–Kier alpha value is -1.75. The molecule has 2 aromatic carbocycles. The molecule has 0 aromatic heterocycles. The van der Waals surface area contributed by atoms with Gasteiger partial charge in [0.25, 0.3) is 0 Å². The normalized spacial score (nSPS) is 13.0. The van der Waals surface area contributed by atoms with Gasteiger partial charge in [-0.1, -0.05) is 30.3 Å². The standard InChI is InChI=1S/C15H11ClF4O/c16-13(9-11-3-1-2-4-14(11)17)10-5-7-12(8-6-10)21-15(18,19)20/h1-8,13H,9H2. The Morgan fingerprint density at radius 1 is 1.00 bits per heavy atom. The Morgan fingerprint density at radius 3 is 2.19 bits per heavy atom. The summed E-state index contributed by atoms with van der Waals surface area (Å²) in [6.45, 7) is 0. The largest absolute Gasteiger partial charge is 0.573 e. The molecule has 112 valence electrons. The van der Waals surface area contributed by atoms with Crippen molar-refractivity contribution in [2.45, 2.75) is 18.2 Å². The van der Waals surface area contributed by atoms with Gasteiger partial charge in [0.2, 0.25) is 0 Å². The molecule has 0 fully saturated rings. The molecule has 0 radical (unpaired) electrons. The zero-order valence-electron chi connectivity index (χ0n) is 10.7. The van der Waals surface area contributed by atoms with Crippen LogP contribution in [0.1, 0.15) is 16.5 Å². The molecule has 0 heterocycles. The number of hydrogen-bond donors (Lipinski definition) is 0. The highest BCUT2D eigenvalue weighted by Gasteiger charge is 2.31. The van der Waals surface area contributed by atoms with E-state index in [0.717, 1.165) is 0 Å². The minimum absolute atomic E-state index is 0.244. The Bertz CT molecular complexity index is 595. The molecule has 0 bridgehead atoms. The van der Waals surface area contributed by atoms with Gasteiger partial charge in [0.15, 0.2) is 0 Å². The van der Waals surface area contributed by atoms with Crippen LogP contribution in [0.3, 0.4) is 0 Å². The molecule has 0 amide bonds. The molecule has 2 rings (SSSR count). The summed E-state index contributed by atoms with van der Waals surface area (Å²) >= 11 is 6.17. The van der Waals surface area contributed by atoms with Crippen molar-refractivity contribution in [1.82, 2.24) is 0 Å². The molecule has 0 aliphatic carbocycles. The summed E-state index contributed by atoms with van der Waals surface area (Å²) in [4.78, 5) is 0. The van der Waals surface area contributed by atoms with E-state index in [9.17, 15) is 17.6 Å². The fourth-order valence-corrected chi connectivity index (χ4v) is 2.16. The Kier molecular flexibility index (Phi) is 4.73. The van der Waals surface area contributed by atoms with Crippen LogP contribution >= 0.6 is 11.6 Å². The van der Waals surface area contributed by atoms with E-state index in [1.165, 1.54) is 30.3 Å². The van der Waals surface area contributed by atoms with Crippen molar-refractivity contribution in [3.05, 3.63) is 65.5 Å². The van der Waals surface area contributed by atoms with Crippen molar-refractivity contribution in [3.63, 3.8) is 0 Å². The summed E-state index contributed by atoms with van der Waals surface area (Å²) in [6.07, 6.45) is -4.48. The molecule has 0 aliphatic rings. The highest BCUT2D eigenvalue weighted by Crippen LogP contribution is 2.29. The Labute approximate surface area is 124 Å². The first kappa shape index (κ1) is 15.6. The van der Waals surface area contributed by atoms with Gasteiger partial charge >= 0.3 is 6.36 Å². The lowest BCUT2D eigenvalue weighted by molar-refractivity contribution is -0.274. The van der Waals surface area contributed by atoms with Crippen LogP contribution in [0.2, 0.25) is 0 Å². The van der Waals surface area contributed by atoms with Gasteiger partial charge < -0.3 is 4.74 Å². The summed E-state index contributed by atoms with van der Waals surface area (Å²) < 4.78 is 53.4. The third kappa shape index (κ3) is 4.63. The quantitative estimate of drug-likeness (QED) is 0.553. The molecule has 1 nitrogen and oxygen atoms in total. The summed E-state index contributed by atoms with van der Waals surface area (Å²) in [6, 6.07) is 11.4. The predicted octanol–water partition coefficient (Wildman–Crippen LogP) is 5.25. The molecular formula is C15H11ClF4O. The van der Waals surface area contributed by atoms with Crippen LogP contribution in [0.25, 0.3) is 0 Å². The van der Waals surface area contributed by atoms with Crippen LogP contribution in [-0.4, -0.2) is 6.36 Å². The van der Waals surface area contributed by atoms with Gasteiger partial charge in [-0.15, -0.1) is 24.8 Å². The fraction of sp³-hybridized carbons (Fsp3) is 0.200. The van der Waals surface area contributed by atoms with Crippen LogP contribution in [0.4, 0.5) is 17.6 Å². The van der Waals surface area contributed by atoms with Crippen LogP contribution < -0.4 is 4.74 Å². The van der Waals surface area contributed by atoms with Gasteiger partial charge in [-0.3, -0.25) is 0 Å². The average Bonchev–Trinajstić information content (AvgIpc) is 2.40. The monoisotopic (exact) mass is 318 g/mol. The molecule has 1 atom stereocenters. The number of hydrogen-bond acceptors (Lipinski definition) is 1. The number of alkyl halides is 4. The number of ether oxygens (including phenoxy) is 1. The van der Waals surface area contributed by atoms with Gasteiger partial charge in [0.05, 0.1) is 5.38 Å². The third-order valence-electron chi connectivity index (χ3n) is 2.83. The average molecular weight is 319 g/mol. The lowest BCUT2D eigenvalue weighted by Crippen LogP contribution is -2.17. The lowest BCUT2D eigenvalue weighted by atomic mass is 10.0. The smallest absolute Gasteiger partial charge is 0.406 e. The maximum atomic E-state index is 13.5. The second-order valence-corrected chi connectivity index (χ2v) is 4.91. The van der Waals surface area contributed by atoms with E-state index in [-0.39, 0.29) is 18.0 Å². The molecule has 2 aromatic rings. The minimum Gasteiger partial charge on any atom is -0.406 e. The van der Waals surface area contributed by atoms with Gasteiger partial charge in [-0.2, -0.15) is 0 Å². The van der Waals surface area contributed by atoms with Crippen molar-refractivity contribution in [1.29, 1.82) is 0 Å². The third-order valence-corrected chi connectivity index (χ3v) is 3.24. The number of halogens is 5. The molecule has 0 saturated carbocycles. The van der Waals surface area contributed by atoms with E-state index in [2.05, 4.69) is 4.74 Å². The first-order chi connectivity index (χ1) is 9.85. The molecule has 1 unspecified atom stereocenters. The topological polar surface area (TPSA) is 9.23 Å². The van der Waals surface area contributed by atoms with Crippen LogP contribution in [0, 0.1) is 5.82 Å². The maximum absolute atomic E-state index is 13.5. The van der Waals surface area contributed by atoms with Gasteiger partial charge in [-0.25, -0.2) is 4.39 Å². The first-order valence-corrected chi connectivity index (χ1v) is 6.52. The minimum atomic E-state index is -4.73. The van der Waals surface area contributed by atoms with Crippen molar-refractivity contribution < 1.29 is 22.3 Å². The van der Waals surface area contributed by atoms with Gasteiger partial charge in [0.1, 0.15) is 11.6 Å². The highest BCUT2D eigenvalue weighted by molar-refractivity contribution is 6.20. The Morgan fingerprint density at radius 2 is 1.62 bits per heavy atom. The van der Waals surface area contributed by atoms with E-state index < -0.39 is 11.7 Å². The highest BCUT2D eigenvalue weighted by atomic mass is 35.5. The summed E-state index contributed by atoms with van der Waals surface area (Å²) in [5, 5.41) is -0.540. The van der Waals surface area contributed by atoms with E-state index in [4.69, 9.17) is 11.6 Å². The SMILES string of the molecule is Fc1ccccc1CC(Cl)c1ccc(OC(F)(F)F)cc1. The molecule has 0 saturated heterocycles. The molecule has 6 heteroatoms. The predicted molar refractivity (Wildman–Crippen MR) is 71.8 cm³/mol. The lowest BCUT2D eigenvalue weighted by Gasteiger charge is -2.12. The van der Waals surface area contributed by atoms with Crippen LogP contribution in [0.15, 0.2) is 48.5 Å². The van der Waals surface area contributed by atoms with Crippen molar-refractivity contribution in [2.75, 3.05) is 0 Å². The zero-order chi connectivity index (χ0) is 15.5. The Balaban J connectivity index is 2.06. The molecular weight excluding hydrogens is 308 g/mol. The van der Waals surface area contributed by atoms with Crippen LogP contribution in [0.5, 0.6) is 5.75 Å². The summed E-state index contributed by atoms with van der Waals surface area (Å²) in [7, 11) is 0. The molecule has 0 spiro atoms. The van der Waals surface area contributed by atoms with Gasteiger partial charge in [0, 0.05) is 0 Å².